The smallest absolute Gasteiger partial charge is 0.382 e. The third-order valence-corrected chi connectivity index (χ3v) is 10.3. The third kappa shape index (κ3) is 7.07. The van der Waals surface area contributed by atoms with Crippen LogP contribution in [0, 0.1) is 5.92 Å². The molecule has 1 atom stereocenters. The van der Waals surface area contributed by atoms with Crippen LogP contribution in [-0.4, -0.2) is 80.4 Å². The van der Waals surface area contributed by atoms with Gasteiger partial charge >= 0.3 is 6.18 Å². The van der Waals surface area contributed by atoms with Crippen molar-refractivity contribution < 1.29 is 21.6 Å². The first kappa shape index (κ1) is 31.2. The number of hydrogen-bond acceptors (Lipinski definition) is 10. The van der Waals surface area contributed by atoms with Gasteiger partial charge in [0.15, 0.2) is 11.5 Å². The van der Waals surface area contributed by atoms with E-state index in [1.165, 1.54) is 24.8 Å². The lowest BCUT2D eigenvalue weighted by Gasteiger charge is -2.36. The summed E-state index contributed by atoms with van der Waals surface area (Å²) in [6.45, 7) is -0.173. The van der Waals surface area contributed by atoms with Crippen LogP contribution < -0.4 is 16.4 Å². The van der Waals surface area contributed by atoms with Gasteiger partial charge in [-0.25, -0.2) is 18.4 Å². The van der Waals surface area contributed by atoms with Gasteiger partial charge in [0.1, 0.15) is 6.54 Å². The maximum absolute atomic E-state index is 13.1. The van der Waals surface area contributed by atoms with Crippen molar-refractivity contribution in [2.75, 3.05) is 20.6 Å². The molecule has 0 bridgehead atoms. The van der Waals surface area contributed by atoms with Crippen LogP contribution >= 0.6 is 0 Å². The van der Waals surface area contributed by atoms with Crippen molar-refractivity contribution in [1.29, 1.82) is 0 Å². The summed E-state index contributed by atoms with van der Waals surface area (Å²) in [5, 5.41) is 14.6. The van der Waals surface area contributed by atoms with E-state index in [9.17, 15) is 21.6 Å². The number of nitrogens with one attached hydrogen (secondary N) is 2. The molecule has 6 rings (SSSR count). The molecule has 2 saturated carbocycles. The molecular formula is C29H37F3N10O2S. The number of hydrogen-bond donors (Lipinski definition) is 3. The van der Waals surface area contributed by atoms with Gasteiger partial charge in [0.05, 0.1) is 34.6 Å². The van der Waals surface area contributed by atoms with Crippen molar-refractivity contribution in [1.82, 2.24) is 44.5 Å². The Bertz CT molecular complexity index is 1700. The highest BCUT2D eigenvalue weighted by atomic mass is 32.2. The maximum Gasteiger partial charge on any atom is 0.408 e. The van der Waals surface area contributed by atoms with Crippen LogP contribution in [0.3, 0.4) is 0 Å². The SMILES string of the molecule is CN(C)CC1CCC(NC2=CC(N)(c3ccnc(-c4cnn(S(=O)(=O)C5CC5)c4)n3)NC=C2c2ccn(CC(F)(F)F)n2)CC1. The summed E-state index contributed by atoms with van der Waals surface area (Å²) in [6, 6.07) is 3.33. The number of allylic oxidation sites excluding steroid dienone is 1. The molecule has 1 unspecified atom stereocenters. The topological polar surface area (TPSA) is 149 Å². The molecule has 12 nitrogen and oxygen atoms in total. The van der Waals surface area contributed by atoms with E-state index in [0.717, 1.165) is 41.0 Å². The van der Waals surface area contributed by atoms with E-state index in [-0.39, 0.29) is 11.9 Å². The van der Waals surface area contributed by atoms with Gasteiger partial charge in [-0.15, -0.1) is 0 Å². The molecule has 4 N–H and O–H groups in total. The van der Waals surface area contributed by atoms with Crippen LogP contribution in [0.15, 0.2) is 54.9 Å². The zero-order chi connectivity index (χ0) is 32.0. The first-order valence-electron chi connectivity index (χ1n) is 14.9. The summed E-state index contributed by atoms with van der Waals surface area (Å²) in [5.74, 6) is 0.851. The van der Waals surface area contributed by atoms with E-state index in [2.05, 4.69) is 49.8 Å². The van der Waals surface area contributed by atoms with Crippen molar-refractivity contribution in [3.63, 3.8) is 0 Å². The summed E-state index contributed by atoms with van der Waals surface area (Å²) >= 11 is 0. The third-order valence-electron chi connectivity index (χ3n) is 8.31. The van der Waals surface area contributed by atoms with Crippen LogP contribution in [0.1, 0.15) is 49.9 Å². The summed E-state index contributed by atoms with van der Waals surface area (Å²) in [4.78, 5) is 11.2. The number of alkyl halides is 3. The van der Waals surface area contributed by atoms with Gasteiger partial charge in [0, 0.05) is 42.5 Å². The predicted molar refractivity (Wildman–Crippen MR) is 161 cm³/mol. The number of halogens is 3. The summed E-state index contributed by atoms with van der Waals surface area (Å²) in [6.07, 6.45) is 9.84. The molecular weight excluding hydrogens is 609 g/mol. The van der Waals surface area contributed by atoms with Gasteiger partial charge in [-0.3, -0.25) is 4.68 Å². The molecule has 3 aromatic rings. The highest BCUT2D eigenvalue weighted by Crippen LogP contribution is 2.33. The Morgan fingerprint density at radius 3 is 2.60 bits per heavy atom. The molecule has 2 aliphatic carbocycles. The molecule has 0 saturated heterocycles. The average molecular weight is 647 g/mol. The lowest BCUT2D eigenvalue weighted by molar-refractivity contribution is -0.142. The largest absolute Gasteiger partial charge is 0.408 e. The highest BCUT2D eigenvalue weighted by Gasteiger charge is 2.38. The Kier molecular flexibility index (Phi) is 8.24. The lowest BCUT2D eigenvalue weighted by Crippen LogP contribution is -2.50. The first-order valence-corrected chi connectivity index (χ1v) is 16.4. The van der Waals surface area contributed by atoms with E-state index >= 15 is 0 Å². The minimum Gasteiger partial charge on any atom is -0.382 e. The van der Waals surface area contributed by atoms with Crippen molar-refractivity contribution in [2.24, 2.45) is 11.7 Å². The Balaban J connectivity index is 1.28. The zero-order valence-corrected chi connectivity index (χ0v) is 25.9. The van der Waals surface area contributed by atoms with Crippen LogP contribution in [0.2, 0.25) is 0 Å². The number of nitrogens with two attached hydrogens (primary N) is 1. The molecule has 242 valence electrons. The van der Waals surface area contributed by atoms with Gasteiger partial charge in [-0.1, -0.05) is 0 Å². The fourth-order valence-electron chi connectivity index (χ4n) is 5.90. The summed E-state index contributed by atoms with van der Waals surface area (Å²) in [5.41, 5.74) is 7.96. The number of rotatable bonds is 10. The van der Waals surface area contributed by atoms with Gasteiger partial charge in [-0.05, 0) is 76.7 Å². The average Bonchev–Trinajstić information content (AvgIpc) is 3.56. The Morgan fingerprint density at radius 1 is 1.16 bits per heavy atom. The van der Waals surface area contributed by atoms with E-state index < -0.39 is 33.7 Å². The first-order chi connectivity index (χ1) is 21.3. The second-order valence-electron chi connectivity index (χ2n) is 12.4. The van der Waals surface area contributed by atoms with Gasteiger partial charge in [0.2, 0.25) is 0 Å². The van der Waals surface area contributed by atoms with Crippen LogP contribution in [0.4, 0.5) is 13.2 Å². The van der Waals surface area contributed by atoms with Gasteiger partial charge in [-0.2, -0.15) is 27.5 Å². The lowest BCUT2D eigenvalue weighted by atomic mass is 9.85. The van der Waals surface area contributed by atoms with Crippen LogP contribution in [0.25, 0.3) is 17.0 Å². The van der Waals surface area contributed by atoms with E-state index in [1.807, 2.05) is 0 Å². The Morgan fingerprint density at radius 2 is 1.91 bits per heavy atom. The predicted octanol–water partition coefficient (Wildman–Crippen LogP) is 2.79. The van der Waals surface area contributed by atoms with Gasteiger partial charge < -0.3 is 21.3 Å². The minimum absolute atomic E-state index is 0.137. The molecule has 2 fully saturated rings. The Hall–Kier alpha value is -3.76. The molecule has 0 aromatic carbocycles. The Labute approximate surface area is 259 Å². The van der Waals surface area contributed by atoms with E-state index in [1.54, 1.807) is 24.4 Å². The molecule has 0 radical (unpaired) electrons. The van der Waals surface area contributed by atoms with Crippen molar-refractivity contribution in [3.05, 3.63) is 66.3 Å². The van der Waals surface area contributed by atoms with Crippen LogP contribution in [0.5, 0.6) is 0 Å². The number of dihydropyridines is 1. The molecule has 16 heteroatoms. The van der Waals surface area contributed by atoms with E-state index in [4.69, 9.17) is 5.73 Å². The standard InChI is InChI=1S/C29H37F3N10O2S/c1-40(2)16-19-3-5-21(6-4-19)37-25-13-28(33,35-15-23(25)24-10-12-41(39-24)18-29(30,31)32)26-9-11-34-27(38-26)20-14-36-42(17-20)45(43,44)22-7-8-22/h9-15,17,19,21-22,35,37H,3-8,16,18,33H2,1-2H3. The number of aromatic nitrogens is 6. The fourth-order valence-corrected chi connectivity index (χ4v) is 7.38. The molecule has 3 aromatic heterocycles. The zero-order valence-electron chi connectivity index (χ0n) is 25.1. The van der Waals surface area contributed by atoms with Crippen LogP contribution in [-0.2, 0) is 22.2 Å². The quantitative estimate of drug-likeness (QED) is 0.300. The minimum atomic E-state index is -4.40. The molecule has 3 aliphatic rings. The molecule has 4 heterocycles. The molecule has 1 aliphatic heterocycles. The second kappa shape index (κ2) is 11.9. The van der Waals surface area contributed by atoms with Crippen molar-refractivity contribution in [2.45, 2.75) is 68.2 Å². The molecule has 0 amide bonds. The van der Waals surface area contributed by atoms with Crippen molar-refractivity contribution >= 4 is 15.6 Å². The van der Waals surface area contributed by atoms with E-state index in [0.29, 0.717) is 47.0 Å². The molecule has 45 heavy (non-hydrogen) atoms. The van der Waals surface area contributed by atoms with Crippen molar-refractivity contribution in [3.8, 4) is 11.4 Å². The van der Waals surface area contributed by atoms with Gasteiger partial charge in [0.25, 0.3) is 10.0 Å². The summed E-state index contributed by atoms with van der Waals surface area (Å²) in [7, 11) is 0.588. The normalized spacial score (nSPS) is 24.2. The molecule has 0 spiro atoms. The second-order valence-corrected chi connectivity index (χ2v) is 14.4. The highest BCUT2D eigenvalue weighted by molar-refractivity contribution is 7.90. The monoisotopic (exact) mass is 646 g/mol. The summed E-state index contributed by atoms with van der Waals surface area (Å²) < 4.78 is 66.3. The number of nitrogens with zero attached hydrogens (tertiary/aromatic N) is 7. The maximum atomic E-state index is 13.1. The fraction of sp³-hybridized carbons (Fsp3) is 0.517.